The Morgan fingerprint density at radius 1 is 1.57 bits per heavy atom. The van der Waals surface area contributed by atoms with Gasteiger partial charge >= 0.3 is 0 Å². The summed E-state index contributed by atoms with van der Waals surface area (Å²) in [4.78, 5) is 13.4. The van der Waals surface area contributed by atoms with Crippen molar-refractivity contribution in [3.05, 3.63) is 28.2 Å². The topological polar surface area (TPSA) is 38.7 Å². The summed E-state index contributed by atoms with van der Waals surface area (Å²) in [6.07, 6.45) is 2.19. The minimum atomic E-state index is 0.441. The summed E-state index contributed by atoms with van der Waals surface area (Å²) in [6.45, 7) is 0.441. The predicted molar refractivity (Wildman–Crippen MR) is 57.4 cm³/mol. The number of benzene rings is 1. The molecule has 0 radical (unpaired) electrons. The molecule has 0 fully saturated rings. The minimum Gasteiger partial charge on any atom is -0.495 e. The van der Waals surface area contributed by atoms with E-state index in [0.717, 1.165) is 15.8 Å². The van der Waals surface area contributed by atoms with Crippen molar-refractivity contribution in [2.45, 2.75) is 6.42 Å². The van der Waals surface area contributed by atoms with Crippen LogP contribution in [0.2, 0.25) is 0 Å². The number of nitrogens with zero attached hydrogens (tertiary/aromatic N) is 1. The standard InChI is InChI=1S/C10H10BrNO2/c1-14-10-8(5-6-12-7-13)3-2-4-9(10)11/h2-4H,5-6H2,1H3. The number of hydrogen-bond acceptors (Lipinski definition) is 3. The van der Waals surface area contributed by atoms with Crippen LogP contribution in [0.1, 0.15) is 5.56 Å². The maximum Gasteiger partial charge on any atom is 0.234 e. The quantitative estimate of drug-likeness (QED) is 0.612. The molecule has 3 nitrogen and oxygen atoms in total. The maximum absolute atomic E-state index is 9.88. The molecule has 0 amide bonds. The first-order valence-electron chi connectivity index (χ1n) is 4.14. The van der Waals surface area contributed by atoms with Crippen LogP contribution in [0, 0.1) is 0 Å². The van der Waals surface area contributed by atoms with Crippen LogP contribution in [0.15, 0.2) is 27.7 Å². The van der Waals surface area contributed by atoms with Crippen LogP contribution >= 0.6 is 15.9 Å². The lowest BCUT2D eigenvalue weighted by molar-refractivity contribution is 0.407. The third-order valence-corrected chi connectivity index (χ3v) is 2.43. The van der Waals surface area contributed by atoms with Crippen LogP contribution in [-0.2, 0) is 11.2 Å². The van der Waals surface area contributed by atoms with Crippen molar-refractivity contribution in [3.63, 3.8) is 0 Å². The largest absolute Gasteiger partial charge is 0.495 e. The van der Waals surface area contributed by atoms with Gasteiger partial charge in [-0.2, -0.15) is 0 Å². The van der Waals surface area contributed by atoms with Crippen LogP contribution in [-0.4, -0.2) is 19.7 Å². The molecular formula is C10H10BrNO2. The maximum atomic E-state index is 9.88. The van der Waals surface area contributed by atoms with E-state index >= 15 is 0 Å². The highest BCUT2D eigenvalue weighted by Gasteiger charge is 2.05. The van der Waals surface area contributed by atoms with E-state index in [-0.39, 0.29) is 0 Å². The first kappa shape index (κ1) is 11.0. The van der Waals surface area contributed by atoms with Gasteiger partial charge in [0, 0.05) is 0 Å². The van der Waals surface area contributed by atoms with Crippen molar-refractivity contribution in [3.8, 4) is 5.75 Å². The highest BCUT2D eigenvalue weighted by atomic mass is 79.9. The van der Waals surface area contributed by atoms with E-state index in [4.69, 9.17) is 4.74 Å². The lowest BCUT2D eigenvalue weighted by Crippen LogP contribution is -1.95. The number of methoxy groups -OCH3 is 1. The van der Waals surface area contributed by atoms with Gasteiger partial charge in [0.05, 0.1) is 18.1 Å². The molecule has 0 aliphatic rings. The number of ether oxygens (including phenoxy) is 1. The second-order valence-electron chi connectivity index (χ2n) is 2.66. The number of halogens is 1. The molecule has 0 saturated heterocycles. The van der Waals surface area contributed by atoms with Gasteiger partial charge in [0.25, 0.3) is 0 Å². The Balaban J connectivity index is 2.84. The zero-order valence-electron chi connectivity index (χ0n) is 7.79. The molecule has 0 aromatic heterocycles. The molecule has 0 aliphatic heterocycles. The molecule has 0 aliphatic carbocycles. The Hall–Kier alpha value is -1.12. The van der Waals surface area contributed by atoms with E-state index in [1.807, 2.05) is 18.2 Å². The van der Waals surface area contributed by atoms with Crippen LogP contribution in [0.5, 0.6) is 5.75 Å². The van der Waals surface area contributed by atoms with Crippen molar-refractivity contribution in [2.24, 2.45) is 4.99 Å². The molecule has 0 N–H and O–H groups in total. The number of carbonyl (C=O) groups excluding carboxylic acids is 1. The predicted octanol–water partition coefficient (Wildman–Crippen LogP) is 2.34. The first-order chi connectivity index (χ1) is 6.79. The van der Waals surface area contributed by atoms with Crippen LogP contribution in [0.4, 0.5) is 0 Å². The number of aliphatic imine (C=N–C) groups is 1. The summed E-state index contributed by atoms with van der Waals surface area (Å²) >= 11 is 3.38. The van der Waals surface area contributed by atoms with E-state index in [0.29, 0.717) is 13.0 Å². The van der Waals surface area contributed by atoms with Gasteiger partial charge in [-0.3, -0.25) is 0 Å². The highest BCUT2D eigenvalue weighted by Crippen LogP contribution is 2.28. The Kier molecular flexibility index (Phi) is 4.36. The summed E-state index contributed by atoms with van der Waals surface area (Å²) in [7, 11) is 1.62. The Morgan fingerprint density at radius 3 is 3.00 bits per heavy atom. The molecule has 4 heteroatoms. The molecular weight excluding hydrogens is 246 g/mol. The van der Waals surface area contributed by atoms with Gasteiger partial charge in [0.2, 0.25) is 6.08 Å². The number of rotatable bonds is 4. The molecule has 1 rings (SSSR count). The fourth-order valence-corrected chi connectivity index (χ4v) is 1.77. The summed E-state index contributed by atoms with van der Waals surface area (Å²) < 4.78 is 6.13. The normalized spacial score (nSPS) is 9.29. The third-order valence-electron chi connectivity index (χ3n) is 1.81. The van der Waals surface area contributed by atoms with E-state index < -0.39 is 0 Å². The van der Waals surface area contributed by atoms with E-state index in [2.05, 4.69) is 20.9 Å². The zero-order chi connectivity index (χ0) is 10.4. The molecule has 0 atom stereocenters. The molecule has 0 spiro atoms. The van der Waals surface area contributed by atoms with Crippen molar-refractivity contribution < 1.29 is 9.53 Å². The van der Waals surface area contributed by atoms with E-state index in [1.54, 1.807) is 7.11 Å². The van der Waals surface area contributed by atoms with Gasteiger partial charge in [0.1, 0.15) is 5.75 Å². The lowest BCUT2D eigenvalue weighted by Gasteiger charge is -2.08. The summed E-state index contributed by atoms with van der Waals surface area (Å²) in [6, 6.07) is 5.78. The van der Waals surface area contributed by atoms with Gasteiger partial charge in [-0.05, 0) is 34.0 Å². The summed E-state index contributed by atoms with van der Waals surface area (Å²) in [5.74, 6) is 0.800. The lowest BCUT2D eigenvalue weighted by atomic mass is 10.1. The Morgan fingerprint density at radius 2 is 2.36 bits per heavy atom. The van der Waals surface area contributed by atoms with Crippen LogP contribution in [0.25, 0.3) is 0 Å². The Labute approximate surface area is 90.9 Å². The third kappa shape index (κ3) is 2.69. The molecule has 1 aromatic carbocycles. The number of para-hydroxylation sites is 1. The second-order valence-corrected chi connectivity index (χ2v) is 3.51. The monoisotopic (exact) mass is 255 g/mol. The smallest absolute Gasteiger partial charge is 0.234 e. The average molecular weight is 256 g/mol. The van der Waals surface area contributed by atoms with Crippen molar-refractivity contribution in [1.82, 2.24) is 0 Å². The highest BCUT2D eigenvalue weighted by molar-refractivity contribution is 9.10. The van der Waals surface area contributed by atoms with Crippen molar-refractivity contribution in [1.29, 1.82) is 0 Å². The molecule has 14 heavy (non-hydrogen) atoms. The van der Waals surface area contributed by atoms with E-state index in [1.165, 1.54) is 6.08 Å². The van der Waals surface area contributed by atoms with Crippen LogP contribution in [0.3, 0.4) is 0 Å². The number of isocyanates is 1. The molecule has 0 bridgehead atoms. The van der Waals surface area contributed by atoms with Crippen molar-refractivity contribution in [2.75, 3.05) is 13.7 Å². The molecule has 0 unspecified atom stereocenters. The molecule has 1 aromatic rings. The van der Waals surface area contributed by atoms with Crippen molar-refractivity contribution >= 4 is 22.0 Å². The fourth-order valence-electron chi connectivity index (χ4n) is 1.20. The van der Waals surface area contributed by atoms with Gasteiger partial charge in [-0.15, -0.1) is 0 Å². The Bertz CT molecular complexity index is 359. The van der Waals surface area contributed by atoms with Gasteiger partial charge in [0.15, 0.2) is 0 Å². The molecule has 0 saturated carbocycles. The van der Waals surface area contributed by atoms with Gasteiger partial charge in [-0.25, -0.2) is 9.79 Å². The first-order valence-corrected chi connectivity index (χ1v) is 4.94. The second kappa shape index (κ2) is 5.58. The van der Waals surface area contributed by atoms with E-state index in [9.17, 15) is 4.79 Å². The summed E-state index contributed by atoms with van der Waals surface area (Å²) in [5, 5.41) is 0. The zero-order valence-corrected chi connectivity index (χ0v) is 9.37. The van der Waals surface area contributed by atoms with Crippen LogP contribution < -0.4 is 4.74 Å². The van der Waals surface area contributed by atoms with Gasteiger partial charge in [-0.1, -0.05) is 12.1 Å². The summed E-state index contributed by atoms with van der Waals surface area (Å²) in [5.41, 5.74) is 1.03. The SMILES string of the molecule is COc1c(Br)cccc1CCN=C=O. The van der Waals surface area contributed by atoms with Gasteiger partial charge < -0.3 is 4.74 Å². The number of hydrogen-bond donors (Lipinski definition) is 0. The molecule has 0 heterocycles. The average Bonchev–Trinajstić information content (AvgIpc) is 2.18. The minimum absolute atomic E-state index is 0.441. The molecule has 74 valence electrons. The fraction of sp³-hybridized carbons (Fsp3) is 0.300.